The average Bonchev–Trinajstić information content (AvgIpc) is 2.63. The quantitative estimate of drug-likeness (QED) is 0.667. The van der Waals surface area contributed by atoms with Crippen molar-refractivity contribution in [2.75, 3.05) is 13.3 Å². The van der Waals surface area contributed by atoms with Crippen LogP contribution in [0.15, 0.2) is 71.6 Å². The van der Waals surface area contributed by atoms with Gasteiger partial charge in [-0.1, -0.05) is 54.2 Å². The third-order valence-electron chi connectivity index (χ3n) is 3.30. The summed E-state index contributed by atoms with van der Waals surface area (Å²) in [6, 6.07) is 0. The van der Waals surface area contributed by atoms with Crippen molar-refractivity contribution in [3.8, 4) is 0 Å². The molecule has 0 aromatic heterocycles. The number of ether oxygens (including phenoxy) is 1. The number of hydrogen-bond acceptors (Lipinski definition) is 1. The molecule has 1 nitrogen and oxygen atoms in total. The van der Waals surface area contributed by atoms with Gasteiger partial charge in [-0.25, -0.2) is 4.39 Å². The summed E-state index contributed by atoms with van der Waals surface area (Å²) in [6.07, 6.45) is 19.9. The van der Waals surface area contributed by atoms with Crippen molar-refractivity contribution in [3.63, 3.8) is 0 Å². The molecular formula is C18H21FO. The molecule has 0 spiro atoms. The van der Waals surface area contributed by atoms with Crippen molar-refractivity contribution in [2.24, 2.45) is 5.92 Å². The minimum absolute atomic E-state index is 0.198. The topological polar surface area (TPSA) is 9.23 Å². The Morgan fingerprint density at radius 3 is 2.95 bits per heavy atom. The van der Waals surface area contributed by atoms with E-state index in [2.05, 4.69) is 37.3 Å². The zero-order chi connectivity index (χ0) is 14.2. The van der Waals surface area contributed by atoms with Crippen molar-refractivity contribution in [2.45, 2.75) is 19.8 Å². The van der Waals surface area contributed by atoms with E-state index in [4.69, 9.17) is 4.74 Å². The summed E-state index contributed by atoms with van der Waals surface area (Å²) >= 11 is 0. The number of hydrogen-bond donors (Lipinski definition) is 0. The minimum atomic E-state index is -0.405. The molecule has 0 radical (unpaired) electrons. The third kappa shape index (κ3) is 4.69. The van der Waals surface area contributed by atoms with E-state index >= 15 is 0 Å². The first-order valence-electron chi connectivity index (χ1n) is 7.04. The van der Waals surface area contributed by atoms with Gasteiger partial charge in [0.25, 0.3) is 0 Å². The molecule has 0 fully saturated rings. The van der Waals surface area contributed by atoms with Gasteiger partial charge in [-0.15, -0.1) is 0 Å². The van der Waals surface area contributed by atoms with Crippen LogP contribution < -0.4 is 0 Å². The van der Waals surface area contributed by atoms with Crippen LogP contribution in [-0.4, -0.2) is 13.3 Å². The maximum Gasteiger partial charge on any atom is 0.114 e. The molecule has 1 unspecified atom stereocenters. The highest BCUT2D eigenvalue weighted by molar-refractivity contribution is 5.28. The van der Waals surface area contributed by atoms with Gasteiger partial charge in [0.1, 0.15) is 6.67 Å². The molecule has 106 valence electrons. The summed E-state index contributed by atoms with van der Waals surface area (Å²) < 4.78 is 18.5. The molecule has 2 aliphatic carbocycles. The Morgan fingerprint density at radius 2 is 2.10 bits per heavy atom. The highest BCUT2D eigenvalue weighted by atomic mass is 19.1. The van der Waals surface area contributed by atoms with Crippen molar-refractivity contribution in [1.82, 2.24) is 0 Å². The predicted octanol–water partition coefficient (Wildman–Crippen LogP) is 4.82. The molecule has 0 aromatic rings. The second kappa shape index (κ2) is 7.68. The van der Waals surface area contributed by atoms with Crippen molar-refractivity contribution < 1.29 is 9.13 Å². The number of allylic oxidation sites excluding steroid dienone is 9. The van der Waals surface area contributed by atoms with Crippen molar-refractivity contribution in [3.05, 3.63) is 71.6 Å². The largest absolute Gasteiger partial charge is 0.497 e. The summed E-state index contributed by atoms with van der Waals surface area (Å²) in [6.45, 7) is 2.26. The Balaban J connectivity index is 1.92. The fraction of sp³-hybridized carbons (Fsp3) is 0.333. The molecule has 0 heterocycles. The normalized spacial score (nSPS) is 26.5. The van der Waals surface area contributed by atoms with Crippen LogP contribution in [0.3, 0.4) is 0 Å². The van der Waals surface area contributed by atoms with Gasteiger partial charge < -0.3 is 4.74 Å². The molecule has 2 heteroatoms. The molecule has 20 heavy (non-hydrogen) atoms. The van der Waals surface area contributed by atoms with Gasteiger partial charge in [0, 0.05) is 12.3 Å². The fourth-order valence-electron chi connectivity index (χ4n) is 2.08. The molecule has 0 saturated heterocycles. The molecule has 1 atom stereocenters. The second-order valence-electron chi connectivity index (χ2n) is 5.06. The molecule has 0 amide bonds. The van der Waals surface area contributed by atoms with E-state index in [1.807, 2.05) is 24.3 Å². The lowest BCUT2D eigenvalue weighted by molar-refractivity contribution is 0.193. The Morgan fingerprint density at radius 1 is 1.20 bits per heavy atom. The van der Waals surface area contributed by atoms with E-state index in [1.165, 1.54) is 5.57 Å². The lowest BCUT2D eigenvalue weighted by atomic mass is 10.0. The Labute approximate surface area is 120 Å². The van der Waals surface area contributed by atoms with Crippen LogP contribution in [0.4, 0.5) is 4.39 Å². The van der Waals surface area contributed by atoms with Crippen LogP contribution in [0.5, 0.6) is 0 Å². The van der Waals surface area contributed by atoms with Crippen LogP contribution in [-0.2, 0) is 4.74 Å². The molecule has 2 aliphatic rings. The lowest BCUT2D eigenvalue weighted by Gasteiger charge is -2.13. The van der Waals surface area contributed by atoms with Crippen LogP contribution in [0.1, 0.15) is 19.8 Å². The number of halogens is 1. The van der Waals surface area contributed by atoms with Gasteiger partial charge in [0.15, 0.2) is 0 Å². The van der Waals surface area contributed by atoms with Crippen LogP contribution in [0.2, 0.25) is 0 Å². The summed E-state index contributed by atoms with van der Waals surface area (Å²) in [4.78, 5) is 0. The Bertz CT molecular complexity index is 504. The van der Waals surface area contributed by atoms with Crippen LogP contribution in [0.25, 0.3) is 0 Å². The molecule has 0 bridgehead atoms. The summed E-state index contributed by atoms with van der Waals surface area (Å²) in [7, 11) is 0. The van der Waals surface area contributed by atoms with E-state index in [-0.39, 0.29) is 5.92 Å². The first-order valence-corrected chi connectivity index (χ1v) is 7.04. The number of rotatable bonds is 4. The van der Waals surface area contributed by atoms with Gasteiger partial charge >= 0.3 is 0 Å². The predicted molar refractivity (Wildman–Crippen MR) is 82.0 cm³/mol. The highest BCUT2D eigenvalue weighted by Crippen LogP contribution is 2.16. The summed E-state index contributed by atoms with van der Waals surface area (Å²) in [5.74, 6) is 1.17. The number of alkyl halides is 1. The second-order valence-corrected chi connectivity index (χ2v) is 5.06. The van der Waals surface area contributed by atoms with E-state index in [1.54, 1.807) is 0 Å². The van der Waals surface area contributed by atoms with E-state index in [0.717, 1.165) is 24.2 Å². The van der Waals surface area contributed by atoms with E-state index < -0.39 is 6.67 Å². The fourth-order valence-corrected chi connectivity index (χ4v) is 2.08. The minimum Gasteiger partial charge on any atom is -0.497 e. The smallest absolute Gasteiger partial charge is 0.114 e. The third-order valence-corrected chi connectivity index (χ3v) is 3.30. The maximum atomic E-state index is 12.7. The Hall–Kier alpha value is -1.83. The molecule has 0 aliphatic heterocycles. The maximum absolute atomic E-state index is 12.7. The van der Waals surface area contributed by atoms with Gasteiger partial charge in [-0.3, -0.25) is 0 Å². The monoisotopic (exact) mass is 272 g/mol. The van der Waals surface area contributed by atoms with E-state index in [9.17, 15) is 4.39 Å². The zero-order valence-electron chi connectivity index (χ0n) is 11.9. The highest BCUT2D eigenvalue weighted by Gasteiger charge is 2.06. The van der Waals surface area contributed by atoms with Crippen molar-refractivity contribution >= 4 is 0 Å². The molecular weight excluding hydrogens is 251 g/mol. The SMILES string of the molecule is CC1=CC=C(OCC2C=C/C(CF)=C\C/C=C\2)CC=C1. The standard InChI is InChI=1S/C18H21FO/c1-15-5-4-8-18(12-9-15)20-14-17-7-3-2-6-16(13-19)10-11-17/h3-7,9-12,17H,2,8,13-14H2,1H3/b7-3-,11-10?,16-6+. The summed E-state index contributed by atoms with van der Waals surface area (Å²) in [5, 5.41) is 0. The molecule has 0 N–H and O–H groups in total. The van der Waals surface area contributed by atoms with Crippen LogP contribution >= 0.6 is 0 Å². The lowest BCUT2D eigenvalue weighted by Crippen LogP contribution is -2.05. The van der Waals surface area contributed by atoms with Gasteiger partial charge in [-0.2, -0.15) is 0 Å². The first kappa shape index (κ1) is 14.6. The van der Waals surface area contributed by atoms with Gasteiger partial charge in [0.2, 0.25) is 0 Å². The van der Waals surface area contributed by atoms with Gasteiger partial charge in [0.05, 0.1) is 12.4 Å². The summed E-state index contributed by atoms with van der Waals surface area (Å²) in [5.41, 5.74) is 1.97. The molecule has 0 aromatic carbocycles. The van der Waals surface area contributed by atoms with Gasteiger partial charge in [-0.05, 0) is 25.0 Å². The van der Waals surface area contributed by atoms with Crippen molar-refractivity contribution in [1.29, 1.82) is 0 Å². The Kier molecular flexibility index (Phi) is 5.60. The van der Waals surface area contributed by atoms with Crippen LogP contribution in [0, 0.1) is 5.92 Å². The van der Waals surface area contributed by atoms with E-state index in [0.29, 0.717) is 6.61 Å². The average molecular weight is 272 g/mol. The zero-order valence-corrected chi connectivity index (χ0v) is 11.9. The molecule has 0 saturated carbocycles. The molecule has 2 rings (SSSR count). The first-order chi connectivity index (χ1) is 9.78.